The van der Waals surface area contributed by atoms with Crippen LogP contribution < -0.4 is 10.3 Å². The third-order valence-corrected chi connectivity index (χ3v) is 9.79. The summed E-state index contributed by atoms with van der Waals surface area (Å²) in [6.07, 6.45) is 3.10. The van der Waals surface area contributed by atoms with Crippen molar-refractivity contribution >= 4 is 51.1 Å². The maximum absolute atomic E-state index is 15.4. The van der Waals surface area contributed by atoms with Gasteiger partial charge >= 0.3 is 5.97 Å². The van der Waals surface area contributed by atoms with E-state index in [1.807, 2.05) is 65.6 Å². The molecule has 6 aromatic rings. The van der Waals surface area contributed by atoms with Crippen molar-refractivity contribution in [2.45, 2.75) is 24.1 Å². The predicted molar refractivity (Wildman–Crippen MR) is 183 cm³/mol. The number of anilines is 1. The van der Waals surface area contributed by atoms with Crippen LogP contribution in [0.2, 0.25) is 0 Å². The molecule has 2 aliphatic rings. The number of carboxylic acids is 1. The second-order valence-electron chi connectivity index (χ2n) is 12.1. The fourth-order valence-electron chi connectivity index (χ4n) is 6.31. The van der Waals surface area contributed by atoms with Gasteiger partial charge in [-0.15, -0.1) is 10.2 Å². The van der Waals surface area contributed by atoms with E-state index in [1.54, 1.807) is 15.5 Å². The van der Waals surface area contributed by atoms with Crippen LogP contribution in [-0.2, 0) is 4.79 Å². The van der Waals surface area contributed by atoms with Crippen molar-refractivity contribution in [2.24, 2.45) is 0 Å². The van der Waals surface area contributed by atoms with Gasteiger partial charge in [-0.3, -0.25) is 9.59 Å². The number of halogens is 1. The van der Waals surface area contributed by atoms with Crippen LogP contribution in [0.3, 0.4) is 0 Å². The Balaban J connectivity index is 0.949. The Labute approximate surface area is 283 Å². The average molecular weight is 677 g/mol. The highest BCUT2D eigenvalue weighted by molar-refractivity contribution is 7.99. The smallest absolute Gasteiger partial charge is 0.341 e. The zero-order valence-electron chi connectivity index (χ0n) is 26.1. The van der Waals surface area contributed by atoms with Crippen molar-refractivity contribution in [1.82, 2.24) is 24.6 Å². The van der Waals surface area contributed by atoms with E-state index in [4.69, 9.17) is 9.40 Å². The second kappa shape index (κ2) is 12.5. The molecule has 11 nitrogen and oxygen atoms in total. The van der Waals surface area contributed by atoms with Gasteiger partial charge in [0.15, 0.2) is 0 Å². The Bertz CT molecular complexity index is 2320. The predicted octanol–water partition coefficient (Wildman–Crippen LogP) is 5.88. The van der Waals surface area contributed by atoms with E-state index in [2.05, 4.69) is 10.2 Å². The summed E-state index contributed by atoms with van der Waals surface area (Å²) in [5.74, 6) is -1.60. The largest absolute Gasteiger partial charge is 0.477 e. The number of pyridine rings is 2. The molecular formula is C36H29FN6O5S. The zero-order valence-corrected chi connectivity index (χ0v) is 26.9. The van der Waals surface area contributed by atoms with Gasteiger partial charge in [0, 0.05) is 54.8 Å². The average Bonchev–Trinajstić information content (AvgIpc) is 3.87. The molecule has 0 spiro atoms. The number of amides is 1. The minimum absolute atomic E-state index is 0.0526. The summed E-state index contributed by atoms with van der Waals surface area (Å²) in [6, 6.07) is 22.4. The van der Waals surface area contributed by atoms with E-state index in [1.165, 1.54) is 6.20 Å². The Hall–Kier alpha value is -5.56. The first kappa shape index (κ1) is 30.8. The Morgan fingerprint density at radius 3 is 2.45 bits per heavy atom. The lowest BCUT2D eigenvalue weighted by molar-refractivity contribution is -0.128. The number of carboxylic acid groups (broad SMARTS) is 1. The monoisotopic (exact) mass is 676 g/mol. The van der Waals surface area contributed by atoms with E-state index >= 15 is 4.39 Å². The highest BCUT2D eigenvalue weighted by Gasteiger charge is 2.29. The van der Waals surface area contributed by atoms with Crippen LogP contribution in [0.5, 0.6) is 0 Å². The summed E-state index contributed by atoms with van der Waals surface area (Å²) in [7, 11) is 0. The number of carbonyl (C=O) groups excluding carboxylic acids is 1. The van der Waals surface area contributed by atoms with Gasteiger partial charge < -0.3 is 23.9 Å². The van der Waals surface area contributed by atoms with Gasteiger partial charge in [-0.1, -0.05) is 60.3 Å². The number of aromatic nitrogens is 4. The van der Waals surface area contributed by atoms with Crippen LogP contribution in [0.15, 0.2) is 93.4 Å². The number of rotatable bonds is 8. The summed E-state index contributed by atoms with van der Waals surface area (Å²) in [6.45, 7) is 1.54. The summed E-state index contributed by atoms with van der Waals surface area (Å²) in [4.78, 5) is 46.1. The fraction of sp³-hybridized carbons (Fsp3) is 0.222. The van der Waals surface area contributed by atoms with Crippen molar-refractivity contribution in [3.8, 4) is 22.7 Å². The Kier molecular flexibility index (Phi) is 7.83. The molecule has 1 saturated carbocycles. The molecule has 0 radical (unpaired) electrons. The lowest BCUT2D eigenvalue weighted by Gasteiger charge is -2.36. The van der Waals surface area contributed by atoms with Crippen molar-refractivity contribution in [1.29, 1.82) is 0 Å². The van der Waals surface area contributed by atoms with Crippen LogP contribution in [0, 0.1) is 5.82 Å². The molecule has 246 valence electrons. The van der Waals surface area contributed by atoms with Crippen LogP contribution in [0.4, 0.5) is 10.1 Å². The number of piperazine rings is 1. The van der Waals surface area contributed by atoms with Crippen LogP contribution in [0.25, 0.3) is 44.5 Å². The molecular weight excluding hydrogens is 647 g/mol. The highest BCUT2D eigenvalue weighted by atomic mass is 32.2. The number of fused-ring (bicyclic) bond motifs is 2. The van der Waals surface area contributed by atoms with Crippen LogP contribution in [-0.4, -0.2) is 73.6 Å². The molecule has 0 bridgehead atoms. The molecule has 1 saturated heterocycles. The van der Waals surface area contributed by atoms with E-state index < -0.39 is 17.2 Å². The van der Waals surface area contributed by atoms with E-state index in [-0.39, 0.29) is 33.9 Å². The van der Waals surface area contributed by atoms with Crippen molar-refractivity contribution in [3.63, 3.8) is 0 Å². The van der Waals surface area contributed by atoms with Crippen LogP contribution in [0.1, 0.15) is 29.2 Å². The molecule has 1 N–H and O–H groups in total. The number of carbonyl (C=O) groups is 2. The molecule has 3 aromatic heterocycles. The Morgan fingerprint density at radius 2 is 1.69 bits per heavy atom. The van der Waals surface area contributed by atoms with Crippen molar-refractivity contribution in [2.75, 3.05) is 36.8 Å². The Morgan fingerprint density at radius 1 is 0.939 bits per heavy atom. The lowest BCUT2D eigenvalue weighted by Crippen LogP contribution is -2.49. The van der Waals surface area contributed by atoms with Gasteiger partial charge in [0.2, 0.25) is 17.2 Å². The van der Waals surface area contributed by atoms with Gasteiger partial charge in [-0.2, -0.15) is 0 Å². The molecule has 49 heavy (non-hydrogen) atoms. The summed E-state index contributed by atoms with van der Waals surface area (Å²) < 4.78 is 23.2. The standard InChI is InChI=1S/C36H29FN6O5S/c37-27-16-25-30(43(22-10-11-22)19-26(33(25)45)35(46)47)18-31(27)41-12-14-42(15-13-41)32(44)20-49-36-40-39-34(48-36)24-17-29(21-6-2-1-3-7-21)38-28-9-5-4-8-23(24)28/h1-9,16-19,22H,10-15,20H2,(H,46,47). The number of hydrogen-bond acceptors (Lipinski definition) is 9. The number of aromatic carboxylic acids is 1. The molecule has 3 aromatic carbocycles. The molecule has 8 rings (SSSR count). The highest BCUT2D eigenvalue weighted by Crippen LogP contribution is 2.38. The van der Waals surface area contributed by atoms with Crippen molar-refractivity contribution in [3.05, 3.63) is 101 Å². The SMILES string of the molecule is O=C(O)c1cn(C2CC2)c2cc(N3CCN(C(=O)CSc4nnc(-c5cc(-c6ccccc6)nc6ccccc56)o4)CC3)c(F)cc2c1=O. The summed E-state index contributed by atoms with van der Waals surface area (Å²) in [5.41, 5.74) is 3.07. The molecule has 2 fully saturated rings. The van der Waals surface area contributed by atoms with Gasteiger partial charge in [0.05, 0.1) is 33.7 Å². The number of para-hydroxylation sites is 1. The summed E-state index contributed by atoms with van der Waals surface area (Å²) >= 11 is 1.16. The number of nitrogens with zero attached hydrogens (tertiary/aromatic N) is 6. The quantitative estimate of drug-likeness (QED) is 0.195. The summed E-state index contributed by atoms with van der Waals surface area (Å²) in [5, 5.41) is 19.2. The van der Waals surface area contributed by atoms with E-state index in [9.17, 15) is 19.5 Å². The third kappa shape index (κ3) is 5.90. The molecule has 1 aliphatic heterocycles. The number of hydrogen-bond donors (Lipinski definition) is 1. The number of thioether (sulfide) groups is 1. The first-order chi connectivity index (χ1) is 23.8. The van der Waals surface area contributed by atoms with E-state index in [0.29, 0.717) is 43.3 Å². The first-order valence-corrected chi connectivity index (χ1v) is 16.9. The zero-order chi connectivity index (χ0) is 33.6. The van der Waals surface area contributed by atoms with Gasteiger partial charge in [-0.25, -0.2) is 14.2 Å². The normalized spacial score (nSPS) is 14.9. The molecule has 4 heterocycles. The van der Waals surface area contributed by atoms with Crippen LogP contribution >= 0.6 is 11.8 Å². The molecule has 0 atom stereocenters. The van der Waals surface area contributed by atoms with Gasteiger partial charge in [0.25, 0.3) is 5.22 Å². The maximum Gasteiger partial charge on any atom is 0.341 e. The lowest BCUT2D eigenvalue weighted by atomic mass is 10.0. The molecule has 13 heteroatoms. The maximum atomic E-state index is 15.4. The molecule has 0 unspecified atom stereocenters. The molecule has 1 amide bonds. The fourth-order valence-corrected chi connectivity index (χ4v) is 6.97. The van der Waals surface area contributed by atoms with E-state index in [0.717, 1.165) is 58.4 Å². The third-order valence-electron chi connectivity index (χ3n) is 8.99. The second-order valence-corrected chi connectivity index (χ2v) is 13.0. The topological polar surface area (TPSA) is 135 Å². The first-order valence-electron chi connectivity index (χ1n) is 15.9. The minimum Gasteiger partial charge on any atom is -0.477 e. The number of benzene rings is 3. The molecule has 1 aliphatic carbocycles. The van der Waals surface area contributed by atoms with Gasteiger partial charge in [0.1, 0.15) is 11.4 Å². The van der Waals surface area contributed by atoms with Crippen molar-refractivity contribution < 1.29 is 23.5 Å². The van der Waals surface area contributed by atoms with Gasteiger partial charge in [-0.05, 0) is 37.1 Å². The minimum atomic E-state index is -1.33.